The van der Waals surface area contributed by atoms with Gasteiger partial charge in [0, 0.05) is 4.75 Å². The molecule has 0 saturated carbocycles. The molecule has 0 aromatic heterocycles. The number of thioether (sulfide) groups is 1. The van der Waals surface area contributed by atoms with E-state index in [0.29, 0.717) is 5.56 Å². The molecule has 1 aromatic carbocycles. The fourth-order valence-electron chi connectivity index (χ4n) is 3.43. The van der Waals surface area contributed by atoms with Crippen molar-refractivity contribution in [1.82, 2.24) is 10.2 Å². The highest BCUT2D eigenvalue weighted by Gasteiger charge is 2.64. The fourth-order valence-corrected chi connectivity index (χ4v) is 5.05. The SMILES string of the molecule is CC1(C)S[C@@H]2C(NC(=O)Cc3ccccc3C(=O)O)C(=O)N2C1C(=O)O. The van der Waals surface area contributed by atoms with Crippen molar-refractivity contribution >= 4 is 35.5 Å². The lowest BCUT2D eigenvalue weighted by Gasteiger charge is -2.43. The quantitative estimate of drug-likeness (QED) is 0.640. The summed E-state index contributed by atoms with van der Waals surface area (Å²) in [6.07, 6.45) is -0.171. The van der Waals surface area contributed by atoms with Gasteiger partial charge in [0.05, 0.1) is 12.0 Å². The number of benzene rings is 1. The average molecular weight is 378 g/mol. The standard InChI is InChI=1S/C17H18N2O6S/c1-17(2)12(16(24)25)19-13(21)11(14(19)26-17)18-10(20)7-8-5-3-4-6-9(8)15(22)23/h3-6,11-12,14H,7H2,1-2H3,(H,18,20)(H,22,23)(H,24,25)/t11?,12?,14-/m1/s1. The molecular weight excluding hydrogens is 360 g/mol. The van der Waals surface area contributed by atoms with Crippen LogP contribution in [0.25, 0.3) is 0 Å². The monoisotopic (exact) mass is 378 g/mol. The molecule has 2 amide bonds. The summed E-state index contributed by atoms with van der Waals surface area (Å²) in [4.78, 5) is 48.6. The van der Waals surface area contributed by atoms with Crippen molar-refractivity contribution in [2.75, 3.05) is 0 Å². The minimum Gasteiger partial charge on any atom is -0.480 e. The van der Waals surface area contributed by atoms with Crippen LogP contribution in [0.4, 0.5) is 0 Å². The number of hydrogen-bond acceptors (Lipinski definition) is 5. The number of aromatic carboxylic acids is 1. The first kappa shape index (κ1) is 18.2. The zero-order valence-electron chi connectivity index (χ0n) is 14.1. The first-order valence-corrected chi connectivity index (χ1v) is 8.85. The molecule has 3 N–H and O–H groups in total. The van der Waals surface area contributed by atoms with Crippen molar-refractivity contribution in [2.24, 2.45) is 0 Å². The van der Waals surface area contributed by atoms with Crippen LogP contribution in [0.15, 0.2) is 24.3 Å². The van der Waals surface area contributed by atoms with Crippen LogP contribution in [0, 0.1) is 0 Å². The molecule has 9 heteroatoms. The second-order valence-electron chi connectivity index (χ2n) is 6.78. The highest BCUT2D eigenvalue weighted by molar-refractivity contribution is 8.01. The van der Waals surface area contributed by atoms with Crippen molar-refractivity contribution in [3.05, 3.63) is 35.4 Å². The molecule has 0 radical (unpaired) electrons. The van der Waals surface area contributed by atoms with Gasteiger partial charge in [0.1, 0.15) is 17.5 Å². The second-order valence-corrected chi connectivity index (χ2v) is 8.55. The number of nitrogens with one attached hydrogen (secondary N) is 1. The van der Waals surface area contributed by atoms with Crippen LogP contribution in [0.1, 0.15) is 29.8 Å². The van der Waals surface area contributed by atoms with Crippen LogP contribution in [0.3, 0.4) is 0 Å². The average Bonchev–Trinajstić information content (AvgIpc) is 2.81. The van der Waals surface area contributed by atoms with Gasteiger partial charge in [-0.1, -0.05) is 18.2 Å². The Morgan fingerprint density at radius 2 is 1.88 bits per heavy atom. The summed E-state index contributed by atoms with van der Waals surface area (Å²) in [6.45, 7) is 3.51. The summed E-state index contributed by atoms with van der Waals surface area (Å²) in [6, 6.07) is 4.43. The van der Waals surface area contributed by atoms with Gasteiger partial charge in [-0.2, -0.15) is 0 Å². The van der Waals surface area contributed by atoms with E-state index in [1.165, 1.54) is 22.7 Å². The van der Waals surface area contributed by atoms with Gasteiger partial charge in [0.2, 0.25) is 11.8 Å². The van der Waals surface area contributed by atoms with E-state index in [1.807, 2.05) is 0 Å². The summed E-state index contributed by atoms with van der Waals surface area (Å²) in [7, 11) is 0. The van der Waals surface area contributed by atoms with Gasteiger partial charge in [0.25, 0.3) is 0 Å². The third-order valence-corrected chi connectivity index (χ3v) is 6.16. The molecule has 0 aliphatic carbocycles. The van der Waals surface area contributed by atoms with Crippen molar-refractivity contribution < 1.29 is 29.4 Å². The lowest BCUT2D eigenvalue weighted by atomic mass is 9.96. The molecule has 8 nitrogen and oxygen atoms in total. The van der Waals surface area contributed by atoms with Crippen LogP contribution in [-0.2, 0) is 20.8 Å². The predicted octanol–water partition coefficient (Wildman–Crippen LogP) is 0.559. The number of β-lactam (4-membered cyclic amide) rings is 1. The van der Waals surface area contributed by atoms with Crippen molar-refractivity contribution in [3.63, 3.8) is 0 Å². The van der Waals surface area contributed by atoms with Crippen LogP contribution >= 0.6 is 11.8 Å². The Balaban J connectivity index is 1.70. The van der Waals surface area contributed by atoms with Crippen LogP contribution < -0.4 is 5.32 Å². The number of fused-ring (bicyclic) bond motifs is 1. The largest absolute Gasteiger partial charge is 0.480 e. The van der Waals surface area contributed by atoms with Gasteiger partial charge in [-0.3, -0.25) is 9.59 Å². The fraction of sp³-hybridized carbons (Fsp3) is 0.412. The van der Waals surface area contributed by atoms with Gasteiger partial charge in [-0.15, -0.1) is 11.8 Å². The number of carboxylic acid groups (broad SMARTS) is 2. The first-order valence-electron chi connectivity index (χ1n) is 7.97. The molecule has 3 atom stereocenters. The van der Waals surface area contributed by atoms with E-state index in [1.54, 1.807) is 32.0 Å². The zero-order valence-corrected chi connectivity index (χ0v) is 14.9. The Morgan fingerprint density at radius 3 is 2.50 bits per heavy atom. The van der Waals surface area contributed by atoms with Gasteiger partial charge in [-0.05, 0) is 25.5 Å². The molecule has 2 aliphatic rings. The maximum atomic E-state index is 12.3. The minimum absolute atomic E-state index is 0.0338. The predicted molar refractivity (Wildman–Crippen MR) is 92.8 cm³/mol. The normalized spacial score (nSPS) is 26.0. The van der Waals surface area contributed by atoms with Crippen molar-refractivity contribution in [2.45, 2.75) is 42.5 Å². The molecule has 0 spiro atoms. The summed E-state index contributed by atoms with van der Waals surface area (Å²) in [5.41, 5.74) is 0.385. The van der Waals surface area contributed by atoms with E-state index in [4.69, 9.17) is 0 Å². The molecule has 1 aromatic rings. The van der Waals surface area contributed by atoms with Crippen molar-refractivity contribution in [3.8, 4) is 0 Å². The molecule has 2 fully saturated rings. The third-order valence-electron chi connectivity index (χ3n) is 4.59. The van der Waals surface area contributed by atoms with Gasteiger partial charge in [0.15, 0.2) is 0 Å². The van der Waals surface area contributed by atoms with E-state index in [-0.39, 0.29) is 12.0 Å². The highest BCUT2D eigenvalue weighted by Crippen LogP contribution is 2.50. The number of nitrogens with zero attached hydrogens (tertiary/aromatic N) is 1. The lowest BCUT2D eigenvalue weighted by molar-refractivity contribution is -0.161. The Hall–Kier alpha value is -2.55. The number of carboxylic acids is 2. The van der Waals surface area contributed by atoms with E-state index in [9.17, 15) is 29.4 Å². The topological polar surface area (TPSA) is 124 Å². The summed E-state index contributed by atoms with van der Waals surface area (Å²) in [5.74, 6) is -3.11. The minimum atomic E-state index is -1.13. The van der Waals surface area contributed by atoms with E-state index in [0.717, 1.165) is 0 Å². The smallest absolute Gasteiger partial charge is 0.335 e. The molecular formula is C17H18N2O6S. The van der Waals surface area contributed by atoms with Crippen LogP contribution in [-0.4, -0.2) is 61.1 Å². The van der Waals surface area contributed by atoms with Gasteiger partial charge < -0.3 is 20.4 Å². The summed E-state index contributed by atoms with van der Waals surface area (Å²) in [5, 5.41) is 20.7. The molecule has 26 heavy (non-hydrogen) atoms. The van der Waals surface area contributed by atoms with Gasteiger partial charge >= 0.3 is 11.9 Å². The molecule has 0 bridgehead atoms. The Kier molecular flexibility index (Phi) is 4.43. The van der Waals surface area contributed by atoms with E-state index in [2.05, 4.69) is 5.32 Å². The molecule has 3 rings (SSSR count). The summed E-state index contributed by atoms with van der Waals surface area (Å²) >= 11 is 1.34. The number of rotatable bonds is 5. The Labute approximate surface area is 153 Å². The number of aliphatic carboxylic acids is 1. The molecule has 2 aliphatic heterocycles. The van der Waals surface area contributed by atoms with Crippen LogP contribution in [0.5, 0.6) is 0 Å². The number of carbonyl (C=O) groups is 4. The molecule has 2 unspecified atom stereocenters. The van der Waals surface area contributed by atoms with E-state index >= 15 is 0 Å². The van der Waals surface area contributed by atoms with E-state index < -0.39 is 46.0 Å². The third kappa shape index (κ3) is 2.92. The van der Waals surface area contributed by atoms with Crippen molar-refractivity contribution in [1.29, 1.82) is 0 Å². The Bertz CT molecular complexity index is 808. The molecule has 138 valence electrons. The Morgan fingerprint density at radius 1 is 1.23 bits per heavy atom. The second kappa shape index (κ2) is 6.31. The number of hydrogen-bond donors (Lipinski definition) is 3. The summed E-state index contributed by atoms with van der Waals surface area (Å²) < 4.78 is -0.665. The lowest BCUT2D eigenvalue weighted by Crippen LogP contribution is -2.70. The van der Waals surface area contributed by atoms with Gasteiger partial charge in [-0.25, -0.2) is 9.59 Å². The highest BCUT2D eigenvalue weighted by atomic mass is 32.2. The van der Waals surface area contributed by atoms with Crippen LogP contribution in [0.2, 0.25) is 0 Å². The maximum Gasteiger partial charge on any atom is 0.335 e. The number of amides is 2. The maximum absolute atomic E-state index is 12.3. The zero-order chi connectivity index (χ0) is 19.2. The number of carbonyl (C=O) groups excluding carboxylic acids is 2. The molecule has 2 heterocycles. The first-order chi connectivity index (χ1) is 12.1. The molecule has 2 saturated heterocycles.